The molecule has 1 aromatic carbocycles. The first-order valence-electron chi connectivity index (χ1n) is 6.92. The highest BCUT2D eigenvalue weighted by Gasteiger charge is 2.07. The maximum absolute atomic E-state index is 5.90. The van der Waals surface area contributed by atoms with Crippen LogP contribution < -0.4 is 10.1 Å². The van der Waals surface area contributed by atoms with Crippen molar-refractivity contribution in [1.82, 2.24) is 9.97 Å². The Hall–Kier alpha value is -2.10. The lowest BCUT2D eigenvalue weighted by Gasteiger charge is -2.10. The number of aryl methyl sites for hydroxylation is 3. The van der Waals surface area contributed by atoms with Crippen LogP contribution >= 0.6 is 0 Å². The third kappa shape index (κ3) is 3.70. The van der Waals surface area contributed by atoms with Crippen molar-refractivity contribution in [3.05, 3.63) is 41.1 Å². The average Bonchev–Trinajstić information content (AvgIpc) is 2.38. The van der Waals surface area contributed by atoms with Crippen molar-refractivity contribution >= 4 is 5.95 Å². The van der Waals surface area contributed by atoms with Gasteiger partial charge in [0.2, 0.25) is 11.8 Å². The Kier molecular flexibility index (Phi) is 4.56. The molecule has 0 aliphatic rings. The highest BCUT2D eigenvalue weighted by molar-refractivity contribution is 5.39. The Bertz CT molecular complexity index is 576. The van der Waals surface area contributed by atoms with Gasteiger partial charge in [-0.15, -0.1) is 0 Å². The van der Waals surface area contributed by atoms with Crippen molar-refractivity contribution in [2.45, 2.75) is 34.1 Å². The smallest absolute Gasteiger partial charge is 0.226 e. The number of nitrogens with one attached hydrogen (secondary N) is 1. The molecule has 20 heavy (non-hydrogen) atoms. The Morgan fingerprint density at radius 1 is 1.10 bits per heavy atom. The van der Waals surface area contributed by atoms with Crippen LogP contribution in [0.4, 0.5) is 5.95 Å². The predicted octanol–water partition coefficient (Wildman–Crippen LogP) is 4.02. The largest absolute Gasteiger partial charge is 0.439 e. The van der Waals surface area contributed by atoms with E-state index >= 15 is 0 Å². The monoisotopic (exact) mass is 271 g/mol. The lowest BCUT2D eigenvalue weighted by Crippen LogP contribution is -2.05. The Balaban J connectivity index is 2.23. The average molecular weight is 271 g/mol. The van der Waals surface area contributed by atoms with E-state index < -0.39 is 0 Å². The van der Waals surface area contributed by atoms with Gasteiger partial charge in [-0.2, -0.15) is 4.98 Å². The van der Waals surface area contributed by atoms with Gasteiger partial charge < -0.3 is 10.1 Å². The van der Waals surface area contributed by atoms with Crippen LogP contribution in [0.25, 0.3) is 0 Å². The first-order chi connectivity index (χ1) is 9.58. The van der Waals surface area contributed by atoms with Gasteiger partial charge in [-0.3, -0.25) is 0 Å². The molecule has 0 amide bonds. The zero-order valence-corrected chi connectivity index (χ0v) is 12.5. The zero-order chi connectivity index (χ0) is 14.5. The number of rotatable bonds is 5. The molecule has 0 unspecified atom stereocenters. The van der Waals surface area contributed by atoms with Crippen molar-refractivity contribution in [1.29, 1.82) is 0 Å². The number of hydrogen-bond acceptors (Lipinski definition) is 4. The molecule has 1 N–H and O–H groups in total. The van der Waals surface area contributed by atoms with Gasteiger partial charge in [0.25, 0.3) is 0 Å². The van der Waals surface area contributed by atoms with Gasteiger partial charge >= 0.3 is 0 Å². The normalized spacial score (nSPS) is 10.4. The first kappa shape index (κ1) is 14.3. The molecule has 1 aromatic heterocycles. The van der Waals surface area contributed by atoms with Crippen LogP contribution in [-0.4, -0.2) is 16.5 Å². The van der Waals surface area contributed by atoms with Crippen LogP contribution in [0.2, 0.25) is 0 Å². The molecule has 0 aliphatic heterocycles. The van der Waals surface area contributed by atoms with Gasteiger partial charge in [-0.05, 0) is 50.5 Å². The fourth-order valence-electron chi connectivity index (χ4n) is 1.96. The van der Waals surface area contributed by atoms with E-state index in [1.165, 1.54) is 11.1 Å². The second-order valence-electron chi connectivity index (χ2n) is 5.03. The summed E-state index contributed by atoms with van der Waals surface area (Å²) >= 11 is 0. The van der Waals surface area contributed by atoms with Crippen molar-refractivity contribution < 1.29 is 4.74 Å². The molecule has 0 radical (unpaired) electrons. The van der Waals surface area contributed by atoms with Crippen LogP contribution in [0.5, 0.6) is 11.6 Å². The second kappa shape index (κ2) is 6.37. The highest BCUT2D eigenvalue weighted by Crippen LogP contribution is 2.25. The third-order valence-electron chi connectivity index (χ3n) is 2.87. The lowest BCUT2D eigenvalue weighted by molar-refractivity contribution is 0.457. The van der Waals surface area contributed by atoms with Crippen molar-refractivity contribution in [2.75, 3.05) is 11.9 Å². The van der Waals surface area contributed by atoms with Gasteiger partial charge in [0.1, 0.15) is 5.75 Å². The van der Waals surface area contributed by atoms with Crippen LogP contribution in [0, 0.1) is 20.8 Å². The fourth-order valence-corrected chi connectivity index (χ4v) is 1.96. The summed E-state index contributed by atoms with van der Waals surface area (Å²) in [5, 5.41) is 3.17. The molecule has 4 heteroatoms. The summed E-state index contributed by atoms with van der Waals surface area (Å²) in [4.78, 5) is 8.67. The third-order valence-corrected chi connectivity index (χ3v) is 2.87. The van der Waals surface area contributed by atoms with E-state index in [2.05, 4.69) is 42.1 Å². The fraction of sp³-hybridized carbons (Fsp3) is 0.375. The minimum Gasteiger partial charge on any atom is -0.439 e. The number of benzene rings is 1. The molecule has 0 spiro atoms. The Morgan fingerprint density at radius 3 is 2.45 bits per heavy atom. The number of aromatic nitrogens is 2. The molecule has 1 heterocycles. The van der Waals surface area contributed by atoms with Gasteiger partial charge in [-0.1, -0.05) is 13.0 Å². The van der Waals surface area contributed by atoms with E-state index in [1.54, 1.807) is 6.20 Å². The molecule has 0 fully saturated rings. The molecule has 4 nitrogen and oxygen atoms in total. The second-order valence-corrected chi connectivity index (χ2v) is 5.03. The SMILES string of the molecule is CCCNc1ncc(C)c(Oc2cc(C)cc(C)c2)n1. The summed E-state index contributed by atoms with van der Waals surface area (Å²) in [5.74, 6) is 2.02. The molecule has 0 bridgehead atoms. The summed E-state index contributed by atoms with van der Waals surface area (Å²) in [7, 11) is 0. The van der Waals surface area contributed by atoms with Crippen LogP contribution in [-0.2, 0) is 0 Å². The topological polar surface area (TPSA) is 47.0 Å². The minimum absolute atomic E-state index is 0.601. The Morgan fingerprint density at radius 2 is 1.80 bits per heavy atom. The summed E-state index contributed by atoms with van der Waals surface area (Å²) in [5.41, 5.74) is 3.28. The van der Waals surface area contributed by atoms with Gasteiger partial charge in [0, 0.05) is 18.3 Å². The number of ether oxygens (including phenoxy) is 1. The van der Waals surface area contributed by atoms with Gasteiger partial charge in [-0.25, -0.2) is 4.98 Å². The van der Waals surface area contributed by atoms with Crippen molar-refractivity contribution in [2.24, 2.45) is 0 Å². The molecular weight excluding hydrogens is 250 g/mol. The maximum Gasteiger partial charge on any atom is 0.226 e. The lowest BCUT2D eigenvalue weighted by atomic mass is 10.1. The van der Waals surface area contributed by atoms with Gasteiger partial charge in [0.15, 0.2) is 0 Å². The molecule has 2 rings (SSSR count). The Labute approximate surface area is 120 Å². The van der Waals surface area contributed by atoms with Crippen LogP contribution in [0.1, 0.15) is 30.0 Å². The summed E-state index contributed by atoms with van der Waals surface area (Å²) < 4.78 is 5.90. The molecule has 0 aliphatic carbocycles. The molecule has 0 atom stereocenters. The molecule has 106 valence electrons. The number of hydrogen-bond donors (Lipinski definition) is 1. The van der Waals surface area contributed by atoms with Crippen LogP contribution in [0.15, 0.2) is 24.4 Å². The van der Waals surface area contributed by atoms with Crippen LogP contribution in [0.3, 0.4) is 0 Å². The number of anilines is 1. The maximum atomic E-state index is 5.90. The highest BCUT2D eigenvalue weighted by atomic mass is 16.5. The summed E-state index contributed by atoms with van der Waals surface area (Å²) in [6, 6.07) is 6.13. The van der Waals surface area contributed by atoms with E-state index in [1.807, 2.05) is 19.1 Å². The van der Waals surface area contributed by atoms with E-state index in [-0.39, 0.29) is 0 Å². The molecule has 0 saturated heterocycles. The summed E-state index contributed by atoms with van der Waals surface area (Å²) in [6.07, 6.45) is 2.81. The minimum atomic E-state index is 0.601. The van der Waals surface area contributed by atoms with Crippen molar-refractivity contribution in [3.63, 3.8) is 0 Å². The van der Waals surface area contributed by atoms with Crippen molar-refractivity contribution in [3.8, 4) is 11.6 Å². The molecule has 2 aromatic rings. The zero-order valence-electron chi connectivity index (χ0n) is 12.5. The standard InChI is InChI=1S/C16H21N3O/c1-5-6-17-16-18-10-13(4)15(19-16)20-14-8-11(2)7-12(3)9-14/h7-10H,5-6H2,1-4H3,(H,17,18,19). The van der Waals surface area contributed by atoms with E-state index in [0.717, 1.165) is 24.3 Å². The molecular formula is C16H21N3O. The quantitative estimate of drug-likeness (QED) is 0.892. The van der Waals surface area contributed by atoms with Gasteiger partial charge in [0.05, 0.1) is 0 Å². The molecule has 0 saturated carbocycles. The van der Waals surface area contributed by atoms with E-state index in [9.17, 15) is 0 Å². The van der Waals surface area contributed by atoms with E-state index in [4.69, 9.17) is 4.74 Å². The predicted molar refractivity (Wildman–Crippen MR) is 81.5 cm³/mol. The first-order valence-corrected chi connectivity index (χ1v) is 6.92. The summed E-state index contributed by atoms with van der Waals surface area (Å²) in [6.45, 7) is 9.02. The van der Waals surface area contributed by atoms with E-state index in [0.29, 0.717) is 11.8 Å². The number of nitrogens with zero attached hydrogens (tertiary/aromatic N) is 2.